The molecule has 0 saturated carbocycles. The third-order valence-electron chi connectivity index (χ3n) is 1.69. The van der Waals surface area contributed by atoms with Crippen molar-refractivity contribution in [2.24, 2.45) is 0 Å². The fourth-order valence-electron chi connectivity index (χ4n) is 0.980. The molecular weight excluding hydrogens is 223 g/mol. The van der Waals surface area contributed by atoms with Crippen molar-refractivity contribution in [2.45, 2.75) is 12.8 Å². The first-order chi connectivity index (χ1) is 7.09. The number of hydrogen-bond donors (Lipinski definition) is 1. The molecule has 0 saturated heterocycles. The van der Waals surface area contributed by atoms with E-state index in [1.54, 1.807) is 0 Å². The Kier molecular flexibility index (Phi) is 4.37. The Bertz CT molecular complexity index is 355. The SMILES string of the molecule is O=C(O)CCCOc1ccc(F)c(Cl)c1. The van der Waals surface area contributed by atoms with Gasteiger partial charge < -0.3 is 9.84 Å². The van der Waals surface area contributed by atoms with E-state index in [1.807, 2.05) is 0 Å². The van der Waals surface area contributed by atoms with Gasteiger partial charge >= 0.3 is 5.97 Å². The summed E-state index contributed by atoms with van der Waals surface area (Å²) in [4.78, 5) is 10.2. The molecule has 0 aliphatic rings. The average Bonchev–Trinajstić information content (AvgIpc) is 2.18. The van der Waals surface area contributed by atoms with Crippen LogP contribution in [-0.4, -0.2) is 17.7 Å². The molecule has 3 nitrogen and oxygen atoms in total. The van der Waals surface area contributed by atoms with Crippen molar-refractivity contribution in [3.05, 3.63) is 29.0 Å². The van der Waals surface area contributed by atoms with Crippen molar-refractivity contribution >= 4 is 17.6 Å². The molecule has 1 aromatic rings. The van der Waals surface area contributed by atoms with Crippen LogP contribution in [0.1, 0.15) is 12.8 Å². The number of ether oxygens (including phenoxy) is 1. The normalized spacial score (nSPS) is 10.0. The molecule has 0 radical (unpaired) electrons. The second-order valence-corrected chi connectivity index (χ2v) is 3.33. The van der Waals surface area contributed by atoms with E-state index in [2.05, 4.69) is 0 Å². The molecule has 0 unspecified atom stereocenters. The summed E-state index contributed by atoms with van der Waals surface area (Å²) in [5, 5.41) is 8.36. The summed E-state index contributed by atoms with van der Waals surface area (Å²) in [6.45, 7) is 0.272. The van der Waals surface area contributed by atoms with Gasteiger partial charge in [0.05, 0.1) is 11.6 Å². The third kappa shape index (κ3) is 4.16. The minimum Gasteiger partial charge on any atom is -0.494 e. The first-order valence-corrected chi connectivity index (χ1v) is 4.77. The maximum Gasteiger partial charge on any atom is 0.303 e. The largest absolute Gasteiger partial charge is 0.494 e. The molecule has 0 fully saturated rings. The van der Waals surface area contributed by atoms with Crippen molar-refractivity contribution in [3.63, 3.8) is 0 Å². The molecular formula is C10H10ClFO3. The molecule has 15 heavy (non-hydrogen) atoms. The van der Waals surface area contributed by atoms with Gasteiger partial charge in [0.2, 0.25) is 0 Å². The van der Waals surface area contributed by atoms with E-state index in [1.165, 1.54) is 18.2 Å². The molecule has 0 aromatic heterocycles. The Morgan fingerprint density at radius 1 is 1.53 bits per heavy atom. The summed E-state index contributed by atoms with van der Waals surface area (Å²) >= 11 is 5.53. The summed E-state index contributed by atoms with van der Waals surface area (Å²) < 4.78 is 17.9. The van der Waals surface area contributed by atoms with Gasteiger partial charge in [-0.05, 0) is 18.6 Å². The number of hydrogen-bond acceptors (Lipinski definition) is 2. The molecule has 0 aliphatic carbocycles. The van der Waals surface area contributed by atoms with Crippen LogP contribution in [0.15, 0.2) is 18.2 Å². The molecule has 0 amide bonds. The predicted octanol–water partition coefficient (Wildman–Crippen LogP) is 2.72. The summed E-state index contributed by atoms with van der Waals surface area (Å²) in [5.74, 6) is -0.933. The van der Waals surface area contributed by atoms with E-state index in [-0.39, 0.29) is 18.1 Å². The molecule has 82 valence electrons. The van der Waals surface area contributed by atoms with E-state index in [0.717, 1.165) is 0 Å². The lowest BCUT2D eigenvalue weighted by molar-refractivity contribution is -0.137. The fraction of sp³-hybridized carbons (Fsp3) is 0.300. The van der Waals surface area contributed by atoms with Gasteiger partial charge in [-0.2, -0.15) is 0 Å². The lowest BCUT2D eigenvalue weighted by atomic mass is 10.3. The lowest BCUT2D eigenvalue weighted by Crippen LogP contribution is -2.02. The lowest BCUT2D eigenvalue weighted by Gasteiger charge is -2.05. The Hall–Kier alpha value is -1.29. The van der Waals surface area contributed by atoms with Gasteiger partial charge in [-0.3, -0.25) is 4.79 Å². The average molecular weight is 233 g/mol. The molecule has 1 aromatic carbocycles. The maximum absolute atomic E-state index is 12.7. The highest BCUT2D eigenvalue weighted by molar-refractivity contribution is 6.30. The fourth-order valence-corrected chi connectivity index (χ4v) is 1.15. The van der Waals surface area contributed by atoms with Crippen molar-refractivity contribution in [2.75, 3.05) is 6.61 Å². The first-order valence-electron chi connectivity index (χ1n) is 4.39. The van der Waals surface area contributed by atoms with Crippen LogP contribution >= 0.6 is 11.6 Å². The number of carboxylic acid groups (broad SMARTS) is 1. The van der Waals surface area contributed by atoms with Gasteiger partial charge in [-0.15, -0.1) is 0 Å². The number of carboxylic acids is 1. The molecule has 0 atom stereocenters. The van der Waals surface area contributed by atoms with Crippen LogP contribution in [0.2, 0.25) is 5.02 Å². The Morgan fingerprint density at radius 2 is 2.27 bits per heavy atom. The standard InChI is InChI=1S/C10H10ClFO3/c11-8-6-7(3-4-9(8)12)15-5-1-2-10(13)14/h3-4,6H,1-2,5H2,(H,13,14). The predicted molar refractivity (Wildman–Crippen MR) is 53.8 cm³/mol. The Morgan fingerprint density at radius 3 is 2.87 bits per heavy atom. The molecule has 5 heteroatoms. The van der Waals surface area contributed by atoms with Crippen LogP contribution < -0.4 is 4.74 Å². The van der Waals surface area contributed by atoms with Crippen molar-refractivity contribution in [1.29, 1.82) is 0 Å². The first kappa shape index (κ1) is 11.8. The van der Waals surface area contributed by atoms with E-state index >= 15 is 0 Å². The molecule has 1 N–H and O–H groups in total. The quantitative estimate of drug-likeness (QED) is 0.794. The Balaban J connectivity index is 2.38. The topological polar surface area (TPSA) is 46.5 Å². The highest BCUT2D eigenvalue weighted by atomic mass is 35.5. The van der Waals surface area contributed by atoms with Crippen LogP contribution in [0.3, 0.4) is 0 Å². The van der Waals surface area contributed by atoms with Gasteiger partial charge in [0, 0.05) is 12.5 Å². The van der Waals surface area contributed by atoms with Crippen LogP contribution in [0.4, 0.5) is 4.39 Å². The van der Waals surface area contributed by atoms with E-state index in [0.29, 0.717) is 12.2 Å². The van der Waals surface area contributed by atoms with Crippen molar-refractivity contribution in [3.8, 4) is 5.75 Å². The summed E-state index contributed by atoms with van der Waals surface area (Å²) in [6, 6.07) is 4.01. The Labute approximate surface area is 91.4 Å². The number of carbonyl (C=O) groups is 1. The molecule has 0 spiro atoms. The minimum absolute atomic E-state index is 0.00858. The minimum atomic E-state index is -0.865. The maximum atomic E-state index is 12.7. The van der Waals surface area contributed by atoms with Crippen LogP contribution in [0.5, 0.6) is 5.75 Å². The van der Waals surface area contributed by atoms with Gasteiger partial charge in [0.1, 0.15) is 11.6 Å². The van der Waals surface area contributed by atoms with Gasteiger partial charge in [-0.25, -0.2) is 4.39 Å². The molecule has 0 aliphatic heterocycles. The monoisotopic (exact) mass is 232 g/mol. The van der Waals surface area contributed by atoms with Gasteiger partial charge in [0.25, 0.3) is 0 Å². The number of rotatable bonds is 5. The zero-order valence-corrected chi connectivity index (χ0v) is 8.63. The van der Waals surface area contributed by atoms with Crippen molar-refractivity contribution in [1.82, 2.24) is 0 Å². The molecule has 0 bridgehead atoms. The van der Waals surface area contributed by atoms with E-state index in [9.17, 15) is 9.18 Å². The van der Waals surface area contributed by atoms with Crippen molar-refractivity contribution < 1.29 is 19.0 Å². The number of aliphatic carboxylic acids is 1. The molecule has 0 heterocycles. The summed E-state index contributed by atoms with van der Waals surface area (Å²) in [7, 11) is 0. The van der Waals surface area contributed by atoms with Crippen LogP contribution in [0.25, 0.3) is 0 Å². The van der Waals surface area contributed by atoms with Crippen LogP contribution in [0, 0.1) is 5.82 Å². The zero-order chi connectivity index (χ0) is 11.3. The van der Waals surface area contributed by atoms with Gasteiger partial charge in [0.15, 0.2) is 0 Å². The summed E-state index contributed by atoms with van der Waals surface area (Å²) in [5.41, 5.74) is 0. The molecule has 1 rings (SSSR count). The second-order valence-electron chi connectivity index (χ2n) is 2.92. The number of halogens is 2. The number of benzene rings is 1. The van der Waals surface area contributed by atoms with Crippen LogP contribution in [-0.2, 0) is 4.79 Å². The van der Waals surface area contributed by atoms with E-state index in [4.69, 9.17) is 21.4 Å². The summed E-state index contributed by atoms with van der Waals surface area (Å²) in [6.07, 6.45) is 0.458. The second kappa shape index (κ2) is 5.56. The highest BCUT2D eigenvalue weighted by Gasteiger charge is 2.02. The zero-order valence-electron chi connectivity index (χ0n) is 7.87. The highest BCUT2D eigenvalue weighted by Crippen LogP contribution is 2.21. The van der Waals surface area contributed by atoms with E-state index < -0.39 is 11.8 Å². The third-order valence-corrected chi connectivity index (χ3v) is 1.98. The smallest absolute Gasteiger partial charge is 0.303 e. The van der Waals surface area contributed by atoms with Gasteiger partial charge in [-0.1, -0.05) is 11.6 Å².